The lowest BCUT2D eigenvalue weighted by atomic mass is 10.4. The van der Waals surface area contributed by atoms with E-state index in [1.54, 1.807) is 6.21 Å². The zero-order chi connectivity index (χ0) is 6.10. The van der Waals surface area contributed by atoms with Crippen molar-refractivity contribution in [2.24, 2.45) is 5.10 Å². The minimum Gasteiger partial charge on any atom is -0.315 e. The van der Waals surface area contributed by atoms with Crippen LogP contribution in [0.25, 0.3) is 0 Å². The third-order valence-electron chi connectivity index (χ3n) is 1.09. The summed E-state index contributed by atoms with van der Waals surface area (Å²) in [6.45, 7) is 0. The third kappa shape index (κ3) is 0.712. The van der Waals surface area contributed by atoms with Crippen LogP contribution in [0.2, 0.25) is 0 Å². The zero-order valence-corrected chi connectivity index (χ0v) is 5.43. The van der Waals surface area contributed by atoms with Gasteiger partial charge in [-0.3, -0.25) is 0 Å². The summed E-state index contributed by atoms with van der Waals surface area (Å²) in [6, 6.07) is 0. The zero-order valence-electron chi connectivity index (χ0n) is 4.61. The van der Waals surface area contributed by atoms with Gasteiger partial charge >= 0.3 is 0 Å². The fourth-order valence-electron chi connectivity index (χ4n) is 0.687. The Bertz CT molecular complexity index is 203. The highest BCUT2D eigenvalue weighted by atomic mass is 32.2. The van der Waals surface area contributed by atoms with Crippen LogP contribution in [0.1, 0.15) is 0 Å². The molecule has 1 N–H and O–H groups in total. The molecule has 0 aromatic heterocycles. The van der Waals surface area contributed by atoms with E-state index in [1.165, 1.54) is 12.1 Å². The molecule has 0 spiro atoms. The highest BCUT2D eigenvalue weighted by Crippen LogP contribution is 2.23. The first-order chi connectivity index (χ1) is 4.47. The van der Waals surface area contributed by atoms with Crippen LogP contribution in [0.5, 0.6) is 0 Å². The van der Waals surface area contributed by atoms with E-state index < -0.39 is 0 Å². The standard InChI is InChI=1S/C5H5N3S/c1-2-5-4-7-9-8(5)6-3-1/h1-4,7H. The maximum atomic E-state index is 4.05. The SMILES string of the molecule is C1=CC2=CNSN2N=C1. The van der Waals surface area contributed by atoms with Gasteiger partial charge in [0.2, 0.25) is 0 Å². The van der Waals surface area contributed by atoms with E-state index in [9.17, 15) is 0 Å². The Kier molecular flexibility index (Phi) is 0.989. The molecule has 0 atom stereocenters. The Morgan fingerprint density at radius 2 is 2.67 bits per heavy atom. The Hall–Kier alpha value is -0.900. The minimum absolute atomic E-state index is 1.10. The average Bonchev–Trinajstić information content (AvgIpc) is 2.33. The van der Waals surface area contributed by atoms with Gasteiger partial charge in [-0.25, -0.2) is 0 Å². The fourth-order valence-corrected chi connectivity index (χ4v) is 1.28. The van der Waals surface area contributed by atoms with Crippen molar-refractivity contribution in [2.75, 3.05) is 0 Å². The Morgan fingerprint density at radius 3 is 3.56 bits per heavy atom. The van der Waals surface area contributed by atoms with Crippen molar-refractivity contribution in [3.63, 3.8) is 0 Å². The maximum absolute atomic E-state index is 4.05. The molecule has 2 rings (SSSR count). The number of fused-ring (bicyclic) bond motifs is 1. The average molecular weight is 139 g/mol. The first-order valence-electron chi connectivity index (χ1n) is 2.60. The number of nitrogens with one attached hydrogen (secondary N) is 1. The second-order valence-electron chi connectivity index (χ2n) is 1.67. The van der Waals surface area contributed by atoms with Crippen molar-refractivity contribution in [3.05, 3.63) is 24.0 Å². The molecule has 0 fully saturated rings. The molecule has 2 aliphatic rings. The molecule has 0 saturated carbocycles. The molecule has 4 heteroatoms. The van der Waals surface area contributed by atoms with Crippen molar-refractivity contribution in [2.45, 2.75) is 0 Å². The van der Waals surface area contributed by atoms with Gasteiger partial charge in [-0.05, 0) is 12.2 Å². The molecule has 9 heavy (non-hydrogen) atoms. The van der Waals surface area contributed by atoms with Crippen molar-refractivity contribution < 1.29 is 0 Å². The lowest BCUT2D eigenvalue weighted by Gasteiger charge is -2.10. The van der Waals surface area contributed by atoms with Gasteiger partial charge in [-0.1, -0.05) is 0 Å². The van der Waals surface area contributed by atoms with E-state index in [0.29, 0.717) is 0 Å². The summed E-state index contributed by atoms with van der Waals surface area (Å²) in [5.74, 6) is 0. The summed E-state index contributed by atoms with van der Waals surface area (Å²) < 4.78 is 4.80. The van der Waals surface area contributed by atoms with Crippen LogP contribution in [-0.4, -0.2) is 10.6 Å². The second kappa shape index (κ2) is 1.80. The summed E-state index contributed by atoms with van der Waals surface area (Å²) in [5, 5.41) is 4.05. The first-order valence-corrected chi connectivity index (χ1v) is 3.37. The molecule has 0 aliphatic carbocycles. The number of hydrogen-bond acceptors (Lipinski definition) is 4. The van der Waals surface area contributed by atoms with Crippen LogP contribution in [0.15, 0.2) is 29.2 Å². The molecular formula is C5H5N3S. The van der Waals surface area contributed by atoms with E-state index in [0.717, 1.165) is 5.70 Å². The number of hydrogen-bond donors (Lipinski definition) is 1. The number of hydrazone groups is 1. The van der Waals surface area contributed by atoms with Crippen LogP contribution >= 0.6 is 12.1 Å². The predicted octanol–water partition coefficient (Wildman–Crippen LogP) is 0.852. The van der Waals surface area contributed by atoms with Crippen LogP contribution in [0.4, 0.5) is 0 Å². The molecule has 3 nitrogen and oxygen atoms in total. The van der Waals surface area contributed by atoms with Crippen molar-refractivity contribution in [1.29, 1.82) is 0 Å². The molecule has 2 heterocycles. The van der Waals surface area contributed by atoms with E-state index in [4.69, 9.17) is 0 Å². The Balaban J connectivity index is 2.33. The van der Waals surface area contributed by atoms with Crippen LogP contribution in [0, 0.1) is 0 Å². The topological polar surface area (TPSA) is 27.6 Å². The normalized spacial score (nSPS) is 21.3. The Labute approximate surface area is 57.4 Å². The molecule has 0 amide bonds. The second-order valence-corrected chi connectivity index (χ2v) is 2.44. The molecule has 0 radical (unpaired) electrons. The van der Waals surface area contributed by atoms with Crippen LogP contribution in [-0.2, 0) is 0 Å². The van der Waals surface area contributed by atoms with Crippen LogP contribution < -0.4 is 4.72 Å². The molecule has 0 saturated heterocycles. The van der Waals surface area contributed by atoms with Gasteiger partial charge in [0, 0.05) is 12.4 Å². The van der Waals surface area contributed by atoms with Crippen molar-refractivity contribution in [3.8, 4) is 0 Å². The maximum Gasteiger partial charge on any atom is 0.0911 e. The summed E-state index contributed by atoms with van der Waals surface area (Å²) >= 11 is 1.47. The highest BCUT2D eigenvalue weighted by molar-refractivity contribution is 7.95. The molecule has 2 aliphatic heterocycles. The van der Waals surface area contributed by atoms with E-state index >= 15 is 0 Å². The number of allylic oxidation sites excluding steroid dienone is 2. The summed E-state index contributed by atoms with van der Waals surface area (Å²) in [7, 11) is 0. The summed E-state index contributed by atoms with van der Waals surface area (Å²) in [5.41, 5.74) is 1.10. The van der Waals surface area contributed by atoms with Crippen molar-refractivity contribution in [1.82, 2.24) is 9.14 Å². The summed E-state index contributed by atoms with van der Waals surface area (Å²) in [4.78, 5) is 0. The van der Waals surface area contributed by atoms with E-state index in [1.807, 2.05) is 22.8 Å². The molecule has 0 unspecified atom stereocenters. The number of rotatable bonds is 0. The fraction of sp³-hybridized carbons (Fsp3) is 0. The molecule has 0 bridgehead atoms. The molecule has 0 aromatic carbocycles. The minimum atomic E-state index is 1.10. The third-order valence-corrected chi connectivity index (χ3v) is 1.79. The predicted molar refractivity (Wildman–Crippen MR) is 38.3 cm³/mol. The summed E-state index contributed by atoms with van der Waals surface area (Å²) in [6.07, 6.45) is 7.59. The number of nitrogens with zero attached hydrogens (tertiary/aromatic N) is 2. The highest BCUT2D eigenvalue weighted by Gasteiger charge is 2.13. The smallest absolute Gasteiger partial charge is 0.0911 e. The van der Waals surface area contributed by atoms with Gasteiger partial charge in [-0.2, -0.15) is 9.52 Å². The van der Waals surface area contributed by atoms with Gasteiger partial charge in [0.25, 0.3) is 0 Å². The van der Waals surface area contributed by atoms with E-state index in [2.05, 4.69) is 9.82 Å². The molecular weight excluding hydrogens is 134 g/mol. The quantitative estimate of drug-likeness (QED) is 0.504. The lowest BCUT2D eigenvalue weighted by molar-refractivity contribution is 0.649. The molecule has 0 aromatic rings. The molecule has 46 valence electrons. The first kappa shape index (κ1) is 4.93. The largest absolute Gasteiger partial charge is 0.315 e. The lowest BCUT2D eigenvalue weighted by Crippen LogP contribution is -2.04. The van der Waals surface area contributed by atoms with Gasteiger partial charge in [0.15, 0.2) is 0 Å². The van der Waals surface area contributed by atoms with Crippen molar-refractivity contribution >= 4 is 18.3 Å². The van der Waals surface area contributed by atoms with Gasteiger partial charge in [-0.15, -0.1) is 0 Å². The van der Waals surface area contributed by atoms with Gasteiger partial charge in [0.05, 0.1) is 17.8 Å². The van der Waals surface area contributed by atoms with Gasteiger partial charge in [0.1, 0.15) is 0 Å². The monoisotopic (exact) mass is 139 g/mol. The Morgan fingerprint density at radius 1 is 1.67 bits per heavy atom. The van der Waals surface area contributed by atoms with Gasteiger partial charge < -0.3 is 4.72 Å². The van der Waals surface area contributed by atoms with E-state index in [-0.39, 0.29) is 0 Å². The van der Waals surface area contributed by atoms with Crippen LogP contribution in [0.3, 0.4) is 0 Å².